The van der Waals surface area contributed by atoms with Crippen LogP contribution in [0.25, 0.3) is 0 Å². The normalized spacial score (nSPS) is 19.9. The highest BCUT2D eigenvalue weighted by Crippen LogP contribution is 2.27. The average Bonchev–Trinajstić information content (AvgIpc) is 2.92. The molecule has 1 aromatic carbocycles. The lowest BCUT2D eigenvalue weighted by Gasteiger charge is -2.22. The monoisotopic (exact) mass is 376 g/mol. The zero-order chi connectivity index (χ0) is 15.5. The molecule has 1 heterocycles. The van der Waals surface area contributed by atoms with E-state index in [1.165, 1.54) is 0 Å². The first-order chi connectivity index (χ1) is 9.97. The Morgan fingerprint density at radius 3 is 2.86 bits per heavy atom. The molecular formula is C14H21BrN2O3S. The first-order valence-electron chi connectivity index (χ1n) is 7.05. The molecule has 1 atom stereocenters. The van der Waals surface area contributed by atoms with Crippen LogP contribution in [0, 0.1) is 0 Å². The number of methoxy groups -OCH3 is 1. The molecule has 1 unspecified atom stereocenters. The van der Waals surface area contributed by atoms with Gasteiger partial charge >= 0.3 is 0 Å². The van der Waals surface area contributed by atoms with Crippen molar-refractivity contribution in [2.24, 2.45) is 0 Å². The maximum Gasteiger partial charge on any atom is 0.240 e. The smallest absolute Gasteiger partial charge is 0.240 e. The van der Waals surface area contributed by atoms with Gasteiger partial charge in [0.05, 0.1) is 16.5 Å². The minimum Gasteiger partial charge on any atom is -0.496 e. The SMILES string of the molecule is CCN1CCCC1CNS(=O)(=O)c1ccc(OC)c(Br)c1. The molecule has 0 radical (unpaired) electrons. The zero-order valence-electron chi connectivity index (χ0n) is 12.3. The summed E-state index contributed by atoms with van der Waals surface area (Å²) in [5.74, 6) is 0.613. The molecule has 1 saturated heterocycles. The summed E-state index contributed by atoms with van der Waals surface area (Å²) in [7, 11) is -1.94. The lowest BCUT2D eigenvalue weighted by atomic mass is 10.2. The molecule has 1 N–H and O–H groups in total. The molecule has 5 nitrogen and oxygen atoms in total. The summed E-state index contributed by atoms with van der Waals surface area (Å²) in [6.45, 7) is 4.57. The van der Waals surface area contributed by atoms with Crippen molar-refractivity contribution in [2.45, 2.75) is 30.7 Å². The van der Waals surface area contributed by atoms with E-state index in [0.717, 1.165) is 25.9 Å². The first kappa shape index (κ1) is 16.7. The number of hydrogen-bond donors (Lipinski definition) is 1. The van der Waals surface area contributed by atoms with Gasteiger partial charge in [-0.25, -0.2) is 13.1 Å². The number of benzene rings is 1. The molecule has 2 rings (SSSR count). The number of sulfonamides is 1. The first-order valence-corrected chi connectivity index (χ1v) is 9.32. The van der Waals surface area contributed by atoms with Crippen molar-refractivity contribution in [2.75, 3.05) is 26.7 Å². The number of rotatable bonds is 6. The van der Waals surface area contributed by atoms with Gasteiger partial charge in [-0.2, -0.15) is 0 Å². The van der Waals surface area contributed by atoms with Crippen LogP contribution in [0.3, 0.4) is 0 Å². The second kappa shape index (κ2) is 7.09. The Morgan fingerprint density at radius 1 is 1.48 bits per heavy atom. The second-order valence-electron chi connectivity index (χ2n) is 5.07. The predicted molar refractivity (Wildman–Crippen MR) is 86.2 cm³/mol. The molecule has 0 spiro atoms. The van der Waals surface area contributed by atoms with Crippen LogP contribution in [0.5, 0.6) is 5.75 Å². The third-order valence-corrected chi connectivity index (χ3v) is 5.89. The topological polar surface area (TPSA) is 58.6 Å². The molecule has 0 saturated carbocycles. The number of halogens is 1. The number of likely N-dealkylation sites (N-methyl/N-ethyl adjacent to an activating group) is 1. The van der Waals surface area contributed by atoms with Gasteiger partial charge in [0.1, 0.15) is 5.75 Å². The number of nitrogens with zero attached hydrogens (tertiary/aromatic N) is 1. The highest BCUT2D eigenvalue weighted by atomic mass is 79.9. The molecule has 0 amide bonds. The van der Waals surface area contributed by atoms with Crippen LogP contribution in [0.15, 0.2) is 27.6 Å². The summed E-state index contributed by atoms with van der Waals surface area (Å²) in [5, 5.41) is 0. The molecular weight excluding hydrogens is 356 g/mol. The lowest BCUT2D eigenvalue weighted by Crippen LogP contribution is -2.39. The van der Waals surface area contributed by atoms with Crippen LogP contribution < -0.4 is 9.46 Å². The number of likely N-dealkylation sites (tertiary alicyclic amines) is 1. The third kappa shape index (κ3) is 3.97. The fourth-order valence-corrected chi connectivity index (χ4v) is 4.44. The Kier molecular flexibility index (Phi) is 5.65. The average molecular weight is 377 g/mol. The van der Waals surface area contributed by atoms with Gasteiger partial charge in [0.2, 0.25) is 10.0 Å². The minimum absolute atomic E-state index is 0.247. The number of ether oxygens (including phenoxy) is 1. The van der Waals surface area contributed by atoms with Crippen LogP contribution in [0.1, 0.15) is 19.8 Å². The standard InChI is InChI=1S/C14H21BrN2O3S/c1-3-17-8-4-5-11(17)10-16-21(18,19)12-6-7-14(20-2)13(15)9-12/h6-7,9,11,16H,3-5,8,10H2,1-2H3. The lowest BCUT2D eigenvalue weighted by molar-refractivity contribution is 0.268. The van der Waals surface area contributed by atoms with Crippen molar-refractivity contribution in [1.82, 2.24) is 9.62 Å². The van der Waals surface area contributed by atoms with E-state index in [9.17, 15) is 8.42 Å². The van der Waals surface area contributed by atoms with Gasteiger partial charge < -0.3 is 4.74 Å². The summed E-state index contributed by atoms with van der Waals surface area (Å²) in [6, 6.07) is 5.06. The fraction of sp³-hybridized carbons (Fsp3) is 0.571. The van der Waals surface area contributed by atoms with Gasteiger partial charge in [0.15, 0.2) is 0 Å². The van der Waals surface area contributed by atoms with Crippen molar-refractivity contribution >= 4 is 26.0 Å². The van der Waals surface area contributed by atoms with E-state index < -0.39 is 10.0 Å². The molecule has 0 aromatic heterocycles. The Balaban J connectivity index is 2.06. The van der Waals surface area contributed by atoms with Crippen molar-refractivity contribution < 1.29 is 13.2 Å². The van der Waals surface area contributed by atoms with Gasteiger partial charge in [-0.05, 0) is 60.1 Å². The summed E-state index contributed by atoms with van der Waals surface area (Å²) in [6.07, 6.45) is 2.18. The van der Waals surface area contributed by atoms with Crippen LogP contribution in [-0.4, -0.2) is 46.1 Å². The van der Waals surface area contributed by atoms with E-state index in [1.807, 2.05) is 0 Å². The highest BCUT2D eigenvalue weighted by molar-refractivity contribution is 9.10. The van der Waals surface area contributed by atoms with Gasteiger partial charge in [0.25, 0.3) is 0 Å². The molecule has 7 heteroatoms. The van der Waals surface area contributed by atoms with Gasteiger partial charge in [0, 0.05) is 12.6 Å². The Morgan fingerprint density at radius 2 is 2.24 bits per heavy atom. The quantitative estimate of drug-likeness (QED) is 0.826. The maximum atomic E-state index is 12.3. The van der Waals surface area contributed by atoms with Gasteiger partial charge in [-0.3, -0.25) is 4.90 Å². The van der Waals surface area contributed by atoms with Crippen molar-refractivity contribution in [3.8, 4) is 5.75 Å². The minimum atomic E-state index is -3.49. The van der Waals surface area contributed by atoms with E-state index in [0.29, 0.717) is 22.8 Å². The summed E-state index contributed by atoms with van der Waals surface area (Å²) in [5.41, 5.74) is 0. The highest BCUT2D eigenvalue weighted by Gasteiger charge is 2.25. The van der Waals surface area contributed by atoms with Crippen molar-refractivity contribution in [1.29, 1.82) is 0 Å². The summed E-state index contributed by atoms with van der Waals surface area (Å²) in [4.78, 5) is 2.56. The van der Waals surface area contributed by atoms with E-state index in [-0.39, 0.29) is 4.90 Å². The van der Waals surface area contributed by atoms with Crippen LogP contribution in [0.4, 0.5) is 0 Å². The molecule has 0 bridgehead atoms. The second-order valence-corrected chi connectivity index (χ2v) is 7.69. The number of nitrogens with one attached hydrogen (secondary N) is 1. The van der Waals surface area contributed by atoms with E-state index >= 15 is 0 Å². The van der Waals surface area contributed by atoms with Gasteiger partial charge in [-0.1, -0.05) is 6.92 Å². The van der Waals surface area contributed by atoms with Crippen LogP contribution in [-0.2, 0) is 10.0 Å². The van der Waals surface area contributed by atoms with Crippen LogP contribution >= 0.6 is 15.9 Å². The van der Waals surface area contributed by atoms with E-state index in [1.54, 1.807) is 25.3 Å². The molecule has 1 aliphatic heterocycles. The van der Waals surface area contributed by atoms with Gasteiger partial charge in [-0.15, -0.1) is 0 Å². The molecule has 118 valence electrons. The molecule has 1 aromatic rings. The summed E-state index contributed by atoms with van der Waals surface area (Å²) < 4.78 is 33.1. The Hall–Kier alpha value is -0.630. The predicted octanol–water partition coefficient (Wildman–Crippen LogP) is 2.22. The fourth-order valence-electron chi connectivity index (χ4n) is 2.65. The Bertz CT molecular complexity index is 592. The maximum absolute atomic E-state index is 12.3. The largest absolute Gasteiger partial charge is 0.496 e. The van der Waals surface area contributed by atoms with Crippen molar-refractivity contribution in [3.63, 3.8) is 0 Å². The third-order valence-electron chi connectivity index (χ3n) is 3.85. The van der Waals surface area contributed by atoms with E-state index in [4.69, 9.17) is 4.74 Å². The van der Waals surface area contributed by atoms with Crippen molar-refractivity contribution in [3.05, 3.63) is 22.7 Å². The Labute approximate surface area is 134 Å². The molecule has 21 heavy (non-hydrogen) atoms. The van der Waals surface area contributed by atoms with Crippen LogP contribution in [0.2, 0.25) is 0 Å². The van der Waals surface area contributed by atoms with E-state index in [2.05, 4.69) is 32.5 Å². The molecule has 1 fully saturated rings. The zero-order valence-corrected chi connectivity index (χ0v) is 14.7. The molecule has 1 aliphatic rings. The number of hydrogen-bond acceptors (Lipinski definition) is 4. The summed E-state index contributed by atoms with van der Waals surface area (Å²) >= 11 is 3.31. The molecule has 0 aliphatic carbocycles.